The third-order valence-electron chi connectivity index (χ3n) is 3.08. The standard InChI is InChI=1S/C12H18ClF3N4O/c1-4-20(5-2)7-6-17-11(21)9-8(13)10(12(14,15)16)19(3)18-9/h4-7H2,1-3H3,(H,17,21). The molecule has 0 spiro atoms. The Bertz CT molecular complexity index is 497. The molecule has 1 N–H and O–H groups in total. The van der Waals surface area contributed by atoms with Crippen LogP contribution in [0.25, 0.3) is 0 Å². The van der Waals surface area contributed by atoms with Gasteiger partial charge in [0.05, 0.1) is 0 Å². The largest absolute Gasteiger partial charge is 0.434 e. The molecule has 0 saturated carbocycles. The van der Waals surface area contributed by atoms with Gasteiger partial charge in [-0.25, -0.2) is 0 Å². The van der Waals surface area contributed by atoms with Gasteiger partial charge in [-0.3, -0.25) is 9.48 Å². The smallest absolute Gasteiger partial charge is 0.349 e. The van der Waals surface area contributed by atoms with Gasteiger partial charge in [0, 0.05) is 20.1 Å². The maximum Gasteiger partial charge on any atom is 0.434 e. The molecule has 0 aromatic carbocycles. The summed E-state index contributed by atoms with van der Waals surface area (Å²) in [6.07, 6.45) is -4.65. The Hall–Kier alpha value is -1.28. The van der Waals surface area contributed by atoms with Gasteiger partial charge in [-0.2, -0.15) is 18.3 Å². The van der Waals surface area contributed by atoms with Gasteiger partial charge in [-0.05, 0) is 13.1 Å². The summed E-state index contributed by atoms with van der Waals surface area (Å²) in [5, 5.41) is 5.40. The first kappa shape index (κ1) is 17.8. The Morgan fingerprint density at radius 1 is 1.38 bits per heavy atom. The molecule has 1 heterocycles. The number of halogens is 4. The number of likely N-dealkylation sites (N-methyl/N-ethyl adjacent to an activating group) is 1. The third kappa shape index (κ3) is 4.34. The van der Waals surface area contributed by atoms with Crippen LogP contribution in [0.15, 0.2) is 0 Å². The topological polar surface area (TPSA) is 50.2 Å². The Kier molecular flexibility index (Phi) is 6.03. The van der Waals surface area contributed by atoms with Gasteiger partial charge in [0.25, 0.3) is 5.91 Å². The van der Waals surface area contributed by atoms with E-state index < -0.39 is 28.5 Å². The highest BCUT2D eigenvalue weighted by Gasteiger charge is 2.39. The van der Waals surface area contributed by atoms with Crippen molar-refractivity contribution in [3.63, 3.8) is 0 Å². The monoisotopic (exact) mass is 326 g/mol. The number of nitrogens with one attached hydrogen (secondary N) is 1. The predicted molar refractivity (Wildman–Crippen MR) is 73.3 cm³/mol. The lowest BCUT2D eigenvalue weighted by atomic mass is 10.3. The van der Waals surface area contributed by atoms with Crippen LogP contribution in [0.4, 0.5) is 13.2 Å². The summed E-state index contributed by atoms with van der Waals surface area (Å²) < 4.78 is 38.8. The summed E-state index contributed by atoms with van der Waals surface area (Å²) in [5.41, 5.74) is -1.54. The molecule has 0 saturated heterocycles. The van der Waals surface area contributed by atoms with Crippen molar-refractivity contribution in [1.29, 1.82) is 0 Å². The normalized spacial score (nSPS) is 12.0. The minimum absolute atomic E-state index is 0.314. The Morgan fingerprint density at radius 2 is 1.95 bits per heavy atom. The molecule has 1 rings (SSSR count). The number of rotatable bonds is 6. The Balaban J connectivity index is 2.76. The van der Waals surface area contributed by atoms with E-state index in [1.807, 2.05) is 13.8 Å². The van der Waals surface area contributed by atoms with Crippen LogP contribution in [-0.4, -0.2) is 46.8 Å². The lowest BCUT2D eigenvalue weighted by molar-refractivity contribution is -0.143. The predicted octanol–water partition coefficient (Wildman–Crippen LogP) is 2.16. The fourth-order valence-corrected chi connectivity index (χ4v) is 2.26. The molecule has 1 amide bonds. The molecular formula is C12H18ClF3N4O. The number of hydrogen-bond donors (Lipinski definition) is 1. The molecule has 0 bridgehead atoms. The van der Waals surface area contributed by atoms with Crippen LogP contribution in [-0.2, 0) is 13.2 Å². The van der Waals surface area contributed by atoms with Crippen molar-refractivity contribution in [3.05, 3.63) is 16.4 Å². The average Bonchev–Trinajstić information content (AvgIpc) is 2.69. The number of carbonyl (C=O) groups is 1. The lowest BCUT2D eigenvalue weighted by Crippen LogP contribution is -2.35. The van der Waals surface area contributed by atoms with Crippen LogP contribution in [0.5, 0.6) is 0 Å². The van der Waals surface area contributed by atoms with E-state index in [-0.39, 0.29) is 0 Å². The maximum absolute atomic E-state index is 12.8. The number of alkyl halides is 3. The van der Waals surface area contributed by atoms with E-state index in [4.69, 9.17) is 11.6 Å². The second-order valence-corrected chi connectivity index (χ2v) is 4.79. The molecule has 21 heavy (non-hydrogen) atoms. The number of nitrogens with zero attached hydrogens (tertiary/aromatic N) is 3. The minimum Gasteiger partial charge on any atom is -0.349 e. The van der Waals surface area contributed by atoms with Crippen molar-refractivity contribution in [2.24, 2.45) is 7.05 Å². The SMILES string of the molecule is CCN(CC)CCNC(=O)c1nn(C)c(C(F)(F)F)c1Cl. The van der Waals surface area contributed by atoms with Crippen molar-refractivity contribution in [3.8, 4) is 0 Å². The van der Waals surface area contributed by atoms with Gasteiger partial charge in [0.1, 0.15) is 5.02 Å². The highest BCUT2D eigenvalue weighted by Crippen LogP contribution is 2.35. The quantitative estimate of drug-likeness (QED) is 0.871. The fourth-order valence-electron chi connectivity index (χ4n) is 1.90. The van der Waals surface area contributed by atoms with Crippen molar-refractivity contribution in [2.45, 2.75) is 20.0 Å². The molecule has 0 aliphatic carbocycles. The molecule has 120 valence electrons. The van der Waals surface area contributed by atoms with E-state index in [0.29, 0.717) is 17.8 Å². The zero-order valence-electron chi connectivity index (χ0n) is 12.1. The molecule has 0 unspecified atom stereocenters. The van der Waals surface area contributed by atoms with Crippen molar-refractivity contribution < 1.29 is 18.0 Å². The molecule has 1 aromatic rings. The van der Waals surface area contributed by atoms with Gasteiger partial charge >= 0.3 is 6.18 Å². The Labute approximate surface area is 126 Å². The van der Waals surface area contributed by atoms with Gasteiger partial charge in [-0.1, -0.05) is 25.4 Å². The summed E-state index contributed by atoms with van der Waals surface area (Å²) in [7, 11) is 1.10. The van der Waals surface area contributed by atoms with Crippen molar-refractivity contribution in [2.75, 3.05) is 26.2 Å². The summed E-state index contributed by atoms with van der Waals surface area (Å²) in [6, 6.07) is 0. The summed E-state index contributed by atoms with van der Waals surface area (Å²) in [5.74, 6) is -0.710. The van der Waals surface area contributed by atoms with Gasteiger partial charge in [0.2, 0.25) is 0 Å². The van der Waals surface area contributed by atoms with Crippen LogP contribution in [0.3, 0.4) is 0 Å². The number of amides is 1. The highest BCUT2D eigenvalue weighted by molar-refractivity contribution is 6.34. The molecule has 0 fully saturated rings. The van der Waals surface area contributed by atoms with Gasteiger partial charge in [0.15, 0.2) is 11.4 Å². The van der Waals surface area contributed by atoms with Crippen LogP contribution < -0.4 is 5.32 Å². The average molecular weight is 327 g/mol. The summed E-state index contributed by atoms with van der Waals surface area (Å²) in [6.45, 7) is 6.54. The highest BCUT2D eigenvalue weighted by atomic mass is 35.5. The molecule has 1 aromatic heterocycles. The molecule has 9 heteroatoms. The number of hydrogen-bond acceptors (Lipinski definition) is 3. The van der Waals surface area contributed by atoms with Gasteiger partial charge in [-0.15, -0.1) is 0 Å². The second kappa shape index (κ2) is 7.13. The molecular weight excluding hydrogens is 309 g/mol. The third-order valence-corrected chi connectivity index (χ3v) is 3.44. The van der Waals surface area contributed by atoms with Crippen LogP contribution in [0, 0.1) is 0 Å². The van der Waals surface area contributed by atoms with Crippen molar-refractivity contribution >= 4 is 17.5 Å². The first-order valence-corrected chi connectivity index (χ1v) is 6.90. The molecule has 0 radical (unpaired) electrons. The summed E-state index contributed by atoms with van der Waals surface area (Å²) in [4.78, 5) is 13.9. The fraction of sp³-hybridized carbons (Fsp3) is 0.667. The van der Waals surface area contributed by atoms with E-state index in [1.54, 1.807) is 0 Å². The first-order chi connectivity index (χ1) is 9.72. The van der Waals surface area contributed by atoms with E-state index in [2.05, 4.69) is 15.3 Å². The van der Waals surface area contributed by atoms with E-state index >= 15 is 0 Å². The Morgan fingerprint density at radius 3 is 2.38 bits per heavy atom. The van der Waals surface area contributed by atoms with E-state index in [9.17, 15) is 18.0 Å². The van der Waals surface area contributed by atoms with E-state index in [0.717, 1.165) is 20.1 Å². The molecule has 0 aliphatic rings. The lowest BCUT2D eigenvalue weighted by Gasteiger charge is -2.17. The number of aromatic nitrogens is 2. The van der Waals surface area contributed by atoms with Crippen LogP contribution in [0.2, 0.25) is 5.02 Å². The maximum atomic E-state index is 12.8. The first-order valence-electron chi connectivity index (χ1n) is 6.52. The van der Waals surface area contributed by atoms with Crippen LogP contribution in [0.1, 0.15) is 30.0 Å². The van der Waals surface area contributed by atoms with Crippen molar-refractivity contribution in [1.82, 2.24) is 20.0 Å². The van der Waals surface area contributed by atoms with Crippen LogP contribution >= 0.6 is 11.6 Å². The zero-order chi connectivity index (χ0) is 16.2. The zero-order valence-corrected chi connectivity index (χ0v) is 12.8. The second-order valence-electron chi connectivity index (χ2n) is 4.42. The van der Waals surface area contributed by atoms with E-state index in [1.165, 1.54) is 0 Å². The molecule has 0 atom stereocenters. The molecule has 0 aliphatic heterocycles. The minimum atomic E-state index is -4.65. The summed E-state index contributed by atoms with van der Waals surface area (Å²) >= 11 is 5.63. The van der Waals surface area contributed by atoms with Gasteiger partial charge < -0.3 is 10.2 Å². The number of aryl methyl sites for hydroxylation is 1. The molecule has 5 nitrogen and oxygen atoms in total. The number of carbonyl (C=O) groups excluding carboxylic acids is 1.